The number of hydrogen-bond donors (Lipinski definition) is 1. The monoisotopic (exact) mass is 580 g/mol. The quantitative estimate of drug-likeness (QED) is 0.340. The molecule has 3 aromatic heterocycles. The van der Waals surface area contributed by atoms with Crippen LogP contribution in [0, 0.1) is 12.7 Å². The highest BCUT2D eigenvalue weighted by atomic mass is 35.5. The number of amides is 1. The third-order valence-corrected chi connectivity index (χ3v) is 7.62. The minimum absolute atomic E-state index is 0.0333. The molecule has 0 spiro atoms. The van der Waals surface area contributed by atoms with Gasteiger partial charge in [-0.3, -0.25) is 4.98 Å². The molecular formula is C29H30ClFN6O4. The second-order valence-corrected chi connectivity index (χ2v) is 10.8. The zero-order valence-electron chi connectivity index (χ0n) is 23.4. The van der Waals surface area contributed by atoms with Gasteiger partial charge in [0, 0.05) is 31.9 Å². The van der Waals surface area contributed by atoms with Crippen LogP contribution >= 0.6 is 11.6 Å². The summed E-state index contributed by atoms with van der Waals surface area (Å²) in [4.78, 5) is 42.6. The largest absolute Gasteiger partial charge is 0.496 e. The predicted octanol–water partition coefficient (Wildman–Crippen LogP) is 5.26. The molecule has 1 N–H and O–H groups in total. The van der Waals surface area contributed by atoms with Gasteiger partial charge in [-0.2, -0.15) is 4.98 Å². The Morgan fingerprint density at radius 2 is 1.98 bits per heavy atom. The molecule has 1 amide bonds. The maximum Gasteiger partial charge on any atom is 0.407 e. The van der Waals surface area contributed by atoms with Crippen LogP contribution in [-0.2, 0) is 0 Å². The standard InChI is InChI=1S/C29H30ClFN6O4/c1-15(2)23-25(16(3)9-10-32-23)37-27-18(13-19(30)24(33-27)22-20(31)7-6-8-21(22)41-5)26(34-28(37)38)36-12-11-35(29(39)40)14-17(36)4/h6-10,13,15,17H,11-12,14H2,1-5H3,(H,39,40)/t17-/m0/s1. The van der Waals surface area contributed by atoms with Crippen molar-refractivity contribution in [3.63, 3.8) is 0 Å². The van der Waals surface area contributed by atoms with Crippen molar-refractivity contribution in [2.45, 2.75) is 39.7 Å². The van der Waals surface area contributed by atoms with Gasteiger partial charge in [-0.15, -0.1) is 0 Å². The van der Waals surface area contributed by atoms with E-state index in [4.69, 9.17) is 21.3 Å². The Bertz CT molecular complexity index is 1730. The van der Waals surface area contributed by atoms with Gasteiger partial charge in [0.25, 0.3) is 0 Å². The summed E-state index contributed by atoms with van der Waals surface area (Å²) in [5.41, 5.74) is 1.79. The number of aryl methyl sites for hydroxylation is 1. The lowest BCUT2D eigenvalue weighted by Crippen LogP contribution is -2.54. The van der Waals surface area contributed by atoms with Gasteiger partial charge >= 0.3 is 11.8 Å². The van der Waals surface area contributed by atoms with Crippen molar-refractivity contribution in [3.05, 3.63) is 69.1 Å². The highest BCUT2D eigenvalue weighted by molar-refractivity contribution is 6.34. The number of fused-ring (bicyclic) bond motifs is 1. The Labute approximate surface area is 241 Å². The predicted molar refractivity (Wildman–Crippen MR) is 155 cm³/mol. The Hall–Kier alpha value is -4.25. The van der Waals surface area contributed by atoms with Gasteiger partial charge in [0.15, 0.2) is 5.65 Å². The van der Waals surface area contributed by atoms with Gasteiger partial charge < -0.3 is 19.6 Å². The molecule has 1 aromatic carbocycles. The van der Waals surface area contributed by atoms with Gasteiger partial charge in [0.05, 0.1) is 40.2 Å². The van der Waals surface area contributed by atoms with Crippen LogP contribution in [0.15, 0.2) is 41.3 Å². The first-order chi connectivity index (χ1) is 19.5. The van der Waals surface area contributed by atoms with Crippen LogP contribution in [-0.4, -0.2) is 68.4 Å². The summed E-state index contributed by atoms with van der Waals surface area (Å²) in [6, 6.07) is 7.56. The number of anilines is 1. The first kappa shape index (κ1) is 28.3. The van der Waals surface area contributed by atoms with E-state index in [1.165, 1.54) is 28.7 Å². The molecule has 0 unspecified atom stereocenters. The van der Waals surface area contributed by atoms with Crippen molar-refractivity contribution in [1.82, 2.24) is 24.4 Å². The Kier molecular flexibility index (Phi) is 7.56. The molecule has 0 saturated carbocycles. The molecule has 12 heteroatoms. The molecule has 4 heterocycles. The molecule has 41 heavy (non-hydrogen) atoms. The third-order valence-electron chi connectivity index (χ3n) is 7.33. The summed E-state index contributed by atoms with van der Waals surface area (Å²) in [5.74, 6) is -0.0529. The smallest absolute Gasteiger partial charge is 0.407 e. The number of nitrogens with zero attached hydrogens (tertiary/aromatic N) is 6. The molecule has 0 aliphatic carbocycles. The highest BCUT2D eigenvalue weighted by Crippen LogP contribution is 2.39. The van der Waals surface area contributed by atoms with E-state index in [0.717, 1.165) is 5.56 Å². The van der Waals surface area contributed by atoms with Gasteiger partial charge in [-0.05, 0) is 49.6 Å². The second-order valence-electron chi connectivity index (χ2n) is 10.3. The number of rotatable bonds is 5. The van der Waals surface area contributed by atoms with Crippen LogP contribution in [0.4, 0.5) is 15.0 Å². The summed E-state index contributed by atoms with van der Waals surface area (Å²) in [6.07, 6.45) is 0.679. The fourth-order valence-corrected chi connectivity index (χ4v) is 5.58. The van der Waals surface area contributed by atoms with Gasteiger partial charge in [0.2, 0.25) is 0 Å². The fourth-order valence-electron chi connectivity index (χ4n) is 5.34. The number of benzene rings is 1. The van der Waals surface area contributed by atoms with E-state index in [2.05, 4.69) is 9.97 Å². The number of carboxylic acid groups (broad SMARTS) is 1. The van der Waals surface area contributed by atoms with Crippen LogP contribution in [0.3, 0.4) is 0 Å². The number of halogens is 2. The van der Waals surface area contributed by atoms with Crippen molar-refractivity contribution in [1.29, 1.82) is 0 Å². The van der Waals surface area contributed by atoms with E-state index in [-0.39, 0.29) is 52.7 Å². The Balaban J connectivity index is 1.86. The lowest BCUT2D eigenvalue weighted by atomic mass is 10.0. The maximum atomic E-state index is 15.2. The van der Waals surface area contributed by atoms with Crippen molar-refractivity contribution in [2.75, 3.05) is 31.6 Å². The van der Waals surface area contributed by atoms with Crippen LogP contribution < -0.4 is 15.3 Å². The zero-order chi connectivity index (χ0) is 29.6. The van der Waals surface area contributed by atoms with E-state index in [1.807, 2.05) is 32.6 Å². The summed E-state index contributed by atoms with van der Waals surface area (Å²) in [6.45, 7) is 8.46. The number of hydrogen-bond acceptors (Lipinski definition) is 7. The molecule has 5 rings (SSSR count). The highest BCUT2D eigenvalue weighted by Gasteiger charge is 2.31. The van der Waals surface area contributed by atoms with Crippen molar-refractivity contribution in [2.24, 2.45) is 0 Å². The number of aromatic nitrogens is 4. The topological polar surface area (TPSA) is 114 Å². The number of ether oxygens (including phenoxy) is 1. The van der Waals surface area contributed by atoms with Gasteiger partial charge in [-0.25, -0.2) is 23.5 Å². The number of piperazine rings is 1. The van der Waals surface area contributed by atoms with E-state index >= 15 is 4.39 Å². The first-order valence-electron chi connectivity index (χ1n) is 13.2. The summed E-state index contributed by atoms with van der Waals surface area (Å²) in [7, 11) is 1.43. The molecule has 214 valence electrons. The summed E-state index contributed by atoms with van der Waals surface area (Å²) < 4.78 is 22.1. The maximum absolute atomic E-state index is 15.2. The Morgan fingerprint density at radius 1 is 1.22 bits per heavy atom. The van der Waals surface area contributed by atoms with Crippen LogP contribution in [0.5, 0.6) is 5.75 Å². The molecular weight excluding hydrogens is 551 g/mol. The number of methoxy groups -OCH3 is 1. The average Bonchev–Trinajstić information content (AvgIpc) is 2.93. The minimum Gasteiger partial charge on any atom is -0.496 e. The molecule has 1 aliphatic heterocycles. The molecule has 1 aliphatic rings. The van der Waals surface area contributed by atoms with Crippen LogP contribution in [0.1, 0.15) is 37.9 Å². The number of carbonyl (C=O) groups is 1. The van der Waals surface area contributed by atoms with Crippen LogP contribution in [0.25, 0.3) is 28.0 Å². The third kappa shape index (κ3) is 4.94. The SMILES string of the molecule is COc1cccc(F)c1-c1nc2c(cc1Cl)c(N1CCN(C(=O)O)C[C@@H]1C)nc(=O)n2-c1c(C)ccnc1C(C)C. The normalized spacial score (nSPS) is 15.6. The van der Waals surface area contributed by atoms with E-state index in [1.54, 1.807) is 24.4 Å². The summed E-state index contributed by atoms with van der Waals surface area (Å²) in [5, 5.41) is 10.1. The molecule has 0 radical (unpaired) electrons. The molecule has 0 bridgehead atoms. The van der Waals surface area contributed by atoms with Crippen molar-refractivity contribution in [3.8, 4) is 22.7 Å². The van der Waals surface area contributed by atoms with Gasteiger partial charge in [-0.1, -0.05) is 31.5 Å². The van der Waals surface area contributed by atoms with E-state index < -0.39 is 17.6 Å². The molecule has 1 saturated heterocycles. The minimum atomic E-state index is -1.01. The second kappa shape index (κ2) is 11.0. The number of pyridine rings is 2. The average molecular weight is 581 g/mol. The Morgan fingerprint density at radius 3 is 2.63 bits per heavy atom. The molecule has 1 atom stereocenters. The zero-order valence-corrected chi connectivity index (χ0v) is 24.1. The fraction of sp³-hybridized carbons (Fsp3) is 0.345. The first-order valence-corrected chi connectivity index (χ1v) is 13.6. The van der Waals surface area contributed by atoms with E-state index in [0.29, 0.717) is 29.1 Å². The van der Waals surface area contributed by atoms with Crippen molar-refractivity contribution < 1.29 is 19.0 Å². The molecule has 1 fully saturated rings. The van der Waals surface area contributed by atoms with Gasteiger partial charge in [0.1, 0.15) is 17.4 Å². The summed E-state index contributed by atoms with van der Waals surface area (Å²) >= 11 is 6.79. The lowest BCUT2D eigenvalue weighted by Gasteiger charge is -2.39. The molecule has 10 nitrogen and oxygen atoms in total. The lowest BCUT2D eigenvalue weighted by molar-refractivity contribution is 0.136. The van der Waals surface area contributed by atoms with E-state index in [9.17, 15) is 14.7 Å². The molecule has 4 aromatic rings. The van der Waals surface area contributed by atoms with Crippen LogP contribution in [0.2, 0.25) is 5.02 Å². The van der Waals surface area contributed by atoms with Crippen molar-refractivity contribution >= 4 is 34.5 Å².